The smallest absolute Gasteiger partial charge is 0.246 e. The number of carbonyl (C=O) groups excluding carboxylic acids is 3. The van der Waals surface area contributed by atoms with Gasteiger partial charge in [-0.3, -0.25) is 24.2 Å². The third-order valence-corrected chi connectivity index (χ3v) is 7.39. The summed E-state index contributed by atoms with van der Waals surface area (Å²) in [5, 5.41) is 0. The molecule has 3 aromatic carbocycles. The summed E-state index contributed by atoms with van der Waals surface area (Å²) in [5.41, 5.74) is 7.66. The highest BCUT2D eigenvalue weighted by Crippen LogP contribution is 2.25. The molecule has 0 spiro atoms. The van der Waals surface area contributed by atoms with Gasteiger partial charge in [-0.2, -0.15) is 0 Å². The Morgan fingerprint density at radius 1 is 0.974 bits per heavy atom. The molecule has 0 aliphatic carbocycles. The van der Waals surface area contributed by atoms with E-state index in [1.165, 1.54) is 4.90 Å². The number of nitrogens with two attached hydrogens (primary N) is 1. The molecule has 0 unspecified atom stereocenters. The van der Waals surface area contributed by atoms with Gasteiger partial charge >= 0.3 is 0 Å². The van der Waals surface area contributed by atoms with Gasteiger partial charge in [-0.1, -0.05) is 80.9 Å². The van der Waals surface area contributed by atoms with Crippen LogP contribution < -0.4 is 10.5 Å². The van der Waals surface area contributed by atoms with Crippen molar-refractivity contribution < 1.29 is 19.1 Å². The topological polar surface area (TPSA) is 92.9 Å². The third-order valence-electron chi connectivity index (χ3n) is 7.39. The number of ether oxygens (including phenoxy) is 1. The first-order chi connectivity index (χ1) is 18.9. The number of Topliss-reactive ketones (excluding diaryl/α,β-unsaturated/α-hetero) is 1. The van der Waals surface area contributed by atoms with Gasteiger partial charge < -0.3 is 10.5 Å². The van der Waals surface area contributed by atoms with Crippen molar-refractivity contribution in [2.24, 2.45) is 11.7 Å². The molecule has 1 aliphatic heterocycles. The number of para-hydroxylation sites is 1. The Kier molecular flexibility index (Phi) is 9.63. The zero-order valence-corrected chi connectivity index (χ0v) is 22.7. The van der Waals surface area contributed by atoms with Crippen molar-refractivity contribution in [1.82, 2.24) is 9.80 Å². The van der Waals surface area contributed by atoms with E-state index in [0.717, 1.165) is 18.4 Å². The standard InChI is InChI=1S/C32H37N3O4/c1-3-23(2)30(33)32(38)35(21-24-12-6-4-7-13-24)31(37)28-18-11-19-34(28)22-29(36)25-14-10-17-27(20-25)39-26-15-8-5-9-16-26/h4-10,12-17,20,23,28,30H,3,11,18-19,21-22,33H2,1-2H3/t23-,28-,30-/m0/s1. The fourth-order valence-corrected chi connectivity index (χ4v) is 4.82. The van der Waals surface area contributed by atoms with Crippen LogP contribution in [0.25, 0.3) is 0 Å². The summed E-state index contributed by atoms with van der Waals surface area (Å²) in [5.74, 6) is 0.419. The number of likely N-dealkylation sites (tertiary alicyclic amines) is 1. The molecule has 4 rings (SSSR count). The summed E-state index contributed by atoms with van der Waals surface area (Å²) in [4.78, 5) is 43.8. The van der Waals surface area contributed by atoms with Crippen LogP contribution >= 0.6 is 0 Å². The number of carbonyl (C=O) groups is 3. The largest absolute Gasteiger partial charge is 0.457 e. The van der Waals surface area contributed by atoms with Crippen molar-refractivity contribution >= 4 is 17.6 Å². The van der Waals surface area contributed by atoms with Crippen LogP contribution in [0.1, 0.15) is 49.0 Å². The van der Waals surface area contributed by atoms with Crippen molar-refractivity contribution in [2.75, 3.05) is 13.1 Å². The minimum atomic E-state index is -0.772. The molecule has 0 aromatic heterocycles. The Morgan fingerprint density at radius 3 is 2.33 bits per heavy atom. The number of ketones is 1. The van der Waals surface area contributed by atoms with Crippen LogP contribution in [0.4, 0.5) is 0 Å². The maximum Gasteiger partial charge on any atom is 0.246 e. The first kappa shape index (κ1) is 28.2. The van der Waals surface area contributed by atoms with Crippen molar-refractivity contribution in [3.05, 3.63) is 96.1 Å². The maximum atomic E-state index is 13.9. The zero-order chi connectivity index (χ0) is 27.8. The van der Waals surface area contributed by atoms with E-state index >= 15 is 0 Å². The van der Waals surface area contributed by atoms with Gasteiger partial charge in [0.2, 0.25) is 11.8 Å². The molecule has 1 fully saturated rings. The number of rotatable bonds is 11. The lowest BCUT2D eigenvalue weighted by Gasteiger charge is -2.31. The second kappa shape index (κ2) is 13.3. The number of imide groups is 1. The highest BCUT2D eigenvalue weighted by atomic mass is 16.5. The SMILES string of the molecule is CC[C@H](C)[C@H](N)C(=O)N(Cc1ccccc1)C(=O)[C@@H]1CCCN1CC(=O)c1cccc(Oc2ccccc2)c1. The minimum Gasteiger partial charge on any atom is -0.457 e. The molecule has 3 aromatic rings. The normalized spacial score (nSPS) is 16.8. The molecule has 2 N–H and O–H groups in total. The predicted octanol–water partition coefficient (Wildman–Crippen LogP) is 5.05. The average Bonchev–Trinajstić information content (AvgIpc) is 3.43. The maximum absolute atomic E-state index is 13.9. The Bertz CT molecular complexity index is 1260. The number of amides is 2. The molecular weight excluding hydrogens is 490 g/mol. The fraction of sp³-hybridized carbons (Fsp3) is 0.344. The van der Waals surface area contributed by atoms with E-state index < -0.39 is 12.1 Å². The number of hydrogen-bond donors (Lipinski definition) is 1. The van der Waals surface area contributed by atoms with Crippen LogP contribution in [0.15, 0.2) is 84.9 Å². The Morgan fingerprint density at radius 2 is 1.64 bits per heavy atom. The lowest BCUT2D eigenvalue weighted by atomic mass is 9.98. The van der Waals surface area contributed by atoms with Gasteiger partial charge in [0, 0.05) is 5.56 Å². The lowest BCUT2D eigenvalue weighted by Crippen LogP contribution is -2.54. The van der Waals surface area contributed by atoms with Gasteiger partial charge in [0.15, 0.2) is 5.78 Å². The Balaban J connectivity index is 1.49. The van der Waals surface area contributed by atoms with Gasteiger partial charge in [-0.25, -0.2) is 0 Å². The van der Waals surface area contributed by atoms with Crippen LogP contribution in [0.3, 0.4) is 0 Å². The summed E-state index contributed by atoms with van der Waals surface area (Å²) >= 11 is 0. The van der Waals surface area contributed by atoms with E-state index in [-0.39, 0.29) is 36.6 Å². The summed E-state index contributed by atoms with van der Waals surface area (Å²) < 4.78 is 5.89. The molecular formula is C32H37N3O4. The van der Waals surface area contributed by atoms with E-state index in [9.17, 15) is 14.4 Å². The summed E-state index contributed by atoms with van der Waals surface area (Å²) in [6.07, 6.45) is 2.09. The molecule has 0 radical (unpaired) electrons. The second-order valence-corrected chi connectivity index (χ2v) is 10.2. The van der Waals surface area contributed by atoms with Crippen molar-refractivity contribution in [2.45, 2.75) is 51.7 Å². The summed E-state index contributed by atoms with van der Waals surface area (Å²) in [6.45, 7) is 4.73. The fourth-order valence-electron chi connectivity index (χ4n) is 4.82. The van der Waals surface area contributed by atoms with Crippen LogP contribution in [0.5, 0.6) is 11.5 Å². The monoisotopic (exact) mass is 527 g/mol. The number of nitrogens with zero attached hydrogens (tertiary/aromatic N) is 2. The minimum absolute atomic E-state index is 0.0600. The lowest BCUT2D eigenvalue weighted by molar-refractivity contribution is -0.149. The highest BCUT2D eigenvalue weighted by Gasteiger charge is 2.38. The van der Waals surface area contributed by atoms with E-state index in [4.69, 9.17) is 10.5 Å². The number of benzene rings is 3. The molecule has 2 amide bonds. The average molecular weight is 528 g/mol. The quantitative estimate of drug-likeness (QED) is 0.351. The Labute approximate surface area is 230 Å². The molecule has 1 saturated heterocycles. The van der Waals surface area contributed by atoms with Gasteiger partial charge in [0.1, 0.15) is 11.5 Å². The van der Waals surface area contributed by atoms with Gasteiger partial charge in [-0.05, 0) is 55.1 Å². The van der Waals surface area contributed by atoms with E-state index in [1.54, 1.807) is 24.3 Å². The molecule has 3 atom stereocenters. The highest BCUT2D eigenvalue weighted by molar-refractivity contribution is 6.01. The zero-order valence-electron chi connectivity index (χ0n) is 22.7. The molecule has 0 bridgehead atoms. The first-order valence-electron chi connectivity index (χ1n) is 13.6. The predicted molar refractivity (Wildman–Crippen MR) is 151 cm³/mol. The molecule has 204 valence electrons. The Hall–Kier alpha value is -3.81. The van der Waals surface area contributed by atoms with Gasteiger partial charge in [0.25, 0.3) is 0 Å². The van der Waals surface area contributed by atoms with Crippen molar-refractivity contribution in [3.63, 3.8) is 0 Å². The van der Waals surface area contributed by atoms with Crippen molar-refractivity contribution in [3.8, 4) is 11.5 Å². The van der Waals surface area contributed by atoms with E-state index in [2.05, 4.69) is 0 Å². The molecule has 0 saturated carbocycles. The van der Waals surface area contributed by atoms with Crippen LogP contribution in [-0.2, 0) is 16.1 Å². The molecule has 7 heteroatoms. The third kappa shape index (κ3) is 7.19. The van der Waals surface area contributed by atoms with Crippen molar-refractivity contribution in [1.29, 1.82) is 0 Å². The molecule has 1 aliphatic rings. The number of hydrogen-bond acceptors (Lipinski definition) is 6. The van der Waals surface area contributed by atoms with Crippen LogP contribution in [0.2, 0.25) is 0 Å². The first-order valence-corrected chi connectivity index (χ1v) is 13.6. The van der Waals surface area contributed by atoms with E-state index in [0.29, 0.717) is 30.0 Å². The molecule has 39 heavy (non-hydrogen) atoms. The summed E-state index contributed by atoms with van der Waals surface area (Å²) in [6, 6.07) is 24.6. The second-order valence-electron chi connectivity index (χ2n) is 10.2. The molecule has 1 heterocycles. The van der Waals surface area contributed by atoms with E-state index in [1.807, 2.05) is 79.4 Å². The van der Waals surface area contributed by atoms with Crippen LogP contribution in [0, 0.1) is 5.92 Å². The van der Waals surface area contributed by atoms with Gasteiger partial charge in [-0.15, -0.1) is 0 Å². The van der Waals surface area contributed by atoms with Crippen LogP contribution in [-0.4, -0.2) is 52.6 Å². The van der Waals surface area contributed by atoms with Gasteiger partial charge in [0.05, 0.1) is 25.2 Å². The molecule has 7 nitrogen and oxygen atoms in total. The summed E-state index contributed by atoms with van der Waals surface area (Å²) in [7, 11) is 0.